The van der Waals surface area contributed by atoms with E-state index in [9.17, 15) is 9.59 Å². The maximum atomic E-state index is 14.2. The van der Waals surface area contributed by atoms with E-state index in [0.29, 0.717) is 26.4 Å². The van der Waals surface area contributed by atoms with Gasteiger partial charge in [-0.05, 0) is 29.2 Å². The number of hydrogen-bond acceptors (Lipinski definition) is 10. The number of nitrogens with one attached hydrogen (secondary N) is 1. The highest BCUT2D eigenvalue weighted by atomic mass is 16.6. The van der Waals surface area contributed by atoms with Crippen LogP contribution in [0.5, 0.6) is 0 Å². The lowest BCUT2D eigenvalue weighted by Crippen LogP contribution is -2.53. The van der Waals surface area contributed by atoms with Gasteiger partial charge in [-0.15, -0.1) is 0 Å². The molecule has 0 unspecified atom stereocenters. The minimum absolute atomic E-state index is 0.141. The van der Waals surface area contributed by atoms with Crippen molar-refractivity contribution in [1.29, 1.82) is 0 Å². The average molecular weight is 777 g/mol. The number of esters is 1. The van der Waals surface area contributed by atoms with Crippen LogP contribution in [0.3, 0.4) is 0 Å². The van der Waals surface area contributed by atoms with Gasteiger partial charge < -0.3 is 44.2 Å². The van der Waals surface area contributed by atoms with Gasteiger partial charge in [0.15, 0.2) is 0 Å². The number of carbonyl (C=O) groups excluding carboxylic acids is 2. The van der Waals surface area contributed by atoms with Gasteiger partial charge in [0.05, 0.1) is 75.4 Å². The Kier molecular flexibility index (Phi) is 12.7. The molecule has 12 atom stereocenters. The zero-order valence-electron chi connectivity index (χ0n) is 32.2. The van der Waals surface area contributed by atoms with Crippen LogP contribution in [0.2, 0.25) is 0 Å². The topological polar surface area (TPSA) is 137 Å². The Labute approximate surface area is 334 Å². The second-order valence-electron chi connectivity index (χ2n) is 15.3. The summed E-state index contributed by atoms with van der Waals surface area (Å²) in [4.78, 5) is 27.4. The maximum Gasteiger partial charge on any atom is 0.312 e. The number of amides is 1. The van der Waals surface area contributed by atoms with Crippen molar-refractivity contribution in [2.75, 3.05) is 19.7 Å². The fourth-order valence-electron chi connectivity index (χ4n) is 8.57. The molecule has 4 aromatic rings. The number of nitrogens with two attached hydrogens (primary N) is 1. The van der Waals surface area contributed by atoms with E-state index in [1.807, 2.05) is 121 Å². The summed E-state index contributed by atoms with van der Waals surface area (Å²) in [6, 6.07) is 39.7. The Morgan fingerprint density at radius 3 is 1.39 bits per heavy atom. The Morgan fingerprint density at radius 1 is 0.561 bits per heavy atom. The van der Waals surface area contributed by atoms with Gasteiger partial charge in [-0.2, -0.15) is 0 Å². The third kappa shape index (κ3) is 9.16. The lowest BCUT2D eigenvalue weighted by molar-refractivity contribution is -0.186. The van der Waals surface area contributed by atoms with Gasteiger partial charge in [0.1, 0.15) is 18.3 Å². The molecule has 2 heterocycles. The number of carbonyl (C=O) groups is 2. The van der Waals surface area contributed by atoms with Crippen LogP contribution in [0.25, 0.3) is 0 Å². The molecule has 300 valence electrons. The predicted molar refractivity (Wildman–Crippen MR) is 210 cm³/mol. The summed E-state index contributed by atoms with van der Waals surface area (Å²) in [6.07, 6.45) is -3.85. The monoisotopic (exact) mass is 776 g/mol. The molecule has 2 aliphatic carbocycles. The van der Waals surface area contributed by atoms with Crippen LogP contribution in [-0.4, -0.2) is 80.4 Å². The van der Waals surface area contributed by atoms with Crippen LogP contribution in [0, 0.1) is 23.7 Å². The van der Waals surface area contributed by atoms with Gasteiger partial charge >= 0.3 is 5.97 Å². The maximum absolute atomic E-state index is 14.2. The van der Waals surface area contributed by atoms with Crippen LogP contribution >= 0.6 is 0 Å². The third-order valence-corrected chi connectivity index (χ3v) is 11.5. The van der Waals surface area contributed by atoms with Crippen molar-refractivity contribution in [1.82, 2.24) is 5.32 Å². The van der Waals surface area contributed by atoms with Gasteiger partial charge in [-0.25, -0.2) is 0 Å². The molecule has 0 aromatic heterocycles. The molecule has 11 heteroatoms. The van der Waals surface area contributed by atoms with Gasteiger partial charge in [-0.1, -0.05) is 121 Å². The molecule has 2 saturated heterocycles. The number of hydrogen-bond donors (Lipinski definition) is 2. The summed E-state index contributed by atoms with van der Waals surface area (Å²) in [5, 5.41) is 3.18. The molecule has 0 spiro atoms. The highest BCUT2D eigenvalue weighted by Crippen LogP contribution is 2.54. The fourth-order valence-corrected chi connectivity index (χ4v) is 8.57. The molecule has 4 aliphatic rings. The van der Waals surface area contributed by atoms with Crippen molar-refractivity contribution >= 4 is 11.9 Å². The molecule has 2 saturated carbocycles. The SMILES string of the molecule is CCOC(=O)[C@@H]1[C@H]2O[C@H](CNC(=O)[C@@H]3[C@H]4O[C@H](CN)[C@@H](OCc5ccccc5)[C@H](OCc5ccccc5)[C@H]43)[C@@H](OCc3ccccc3)[C@H](OCc3ccccc3)[C@H]21. The van der Waals surface area contributed by atoms with Gasteiger partial charge in [-0.3, -0.25) is 9.59 Å². The summed E-state index contributed by atoms with van der Waals surface area (Å²) in [6.45, 7) is 3.77. The second kappa shape index (κ2) is 18.4. The van der Waals surface area contributed by atoms with E-state index >= 15 is 0 Å². The zero-order chi connectivity index (χ0) is 39.1. The van der Waals surface area contributed by atoms with Gasteiger partial charge in [0.25, 0.3) is 0 Å². The highest BCUT2D eigenvalue weighted by Gasteiger charge is 2.68. The first-order valence-corrected chi connectivity index (χ1v) is 20.1. The first-order valence-electron chi connectivity index (χ1n) is 20.1. The van der Waals surface area contributed by atoms with E-state index in [-0.39, 0.29) is 49.5 Å². The van der Waals surface area contributed by atoms with E-state index in [0.717, 1.165) is 22.3 Å². The standard InChI is InChI=1S/C46H52N2O9/c1-2-51-46(50)38-36-42(38)57-34(40(53-26-30-17-9-4-10-18-30)44(36)55-28-32-21-13-6-14-22-32)24-48-45(49)37-35-41(37)56-33(23-47)39(52-25-29-15-7-3-8-16-29)43(35)54-27-31-19-11-5-12-20-31/h3-22,33-44H,2,23-28,47H2,1H3,(H,48,49)/t33-,34-,35+,36+,37+,38+,39-,40-,41+,42+,43-,44-/m1/s1. The van der Waals surface area contributed by atoms with Crippen molar-refractivity contribution in [2.45, 2.75) is 82.2 Å². The van der Waals surface area contributed by atoms with Gasteiger partial charge in [0.2, 0.25) is 5.91 Å². The summed E-state index contributed by atoms with van der Waals surface area (Å²) in [7, 11) is 0. The third-order valence-electron chi connectivity index (χ3n) is 11.5. The van der Waals surface area contributed by atoms with Crippen LogP contribution in [0.4, 0.5) is 0 Å². The molecule has 3 N–H and O–H groups in total. The average Bonchev–Trinajstić information content (AvgIpc) is 4.17. The summed E-state index contributed by atoms with van der Waals surface area (Å²) >= 11 is 0. The molecule has 0 radical (unpaired) electrons. The van der Waals surface area contributed by atoms with Crippen LogP contribution in [0.1, 0.15) is 29.2 Å². The normalized spacial score (nSPS) is 31.1. The van der Waals surface area contributed by atoms with E-state index in [4.69, 9.17) is 38.9 Å². The lowest BCUT2D eigenvalue weighted by Gasteiger charge is -2.37. The largest absolute Gasteiger partial charge is 0.466 e. The molecule has 2 aliphatic heterocycles. The smallest absolute Gasteiger partial charge is 0.312 e. The van der Waals surface area contributed by atoms with Crippen LogP contribution < -0.4 is 11.1 Å². The zero-order valence-corrected chi connectivity index (χ0v) is 32.2. The summed E-state index contributed by atoms with van der Waals surface area (Å²) in [5.74, 6) is -1.95. The minimum Gasteiger partial charge on any atom is -0.466 e. The van der Waals surface area contributed by atoms with Crippen molar-refractivity contribution in [2.24, 2.45) is 29.4 Å². The van der Waals surface area contributed by atoms with E-state index in [1.165, 1.54) is 0 Å². The predicted octanol–water partition coefficient (Wildman–Crippen LogP) is 4.99. The quantitative estimate of drug-likeness (QED) is 0.133. The first-order chi connectivity index (χ1) is 28.0. The molecular formula is C46H52N2O9. The summed E-state index contributed by atoms with van der Waals surface area (Å²) < 4.78 is 45.0. The molecular weight excluding hydrogens is 725 g/mol. The number of benzene rings is 4. The second-order valence-corrected chi connectivity index (χ2v) is 15.3. The molecule has 8 rings (SSSR count). The number of fused-ring (bicyclic) bond motifs is 2. The first kappa shape index (κ1) is 39.4. The summed E-state index contributed by atoms with van der Waals surface area (Å²) in [5.41, 5.74) is 10.3. The Bertz CT molecular complexity index is 1890. The Morgan fingerprint density at radius 2 is 0.947 bits per heavy atom. The Hall–Kier alpha value is -4.46. The molecule has 57 heavy (non-hydrogen) atoms. The Balaban J connectivity index is 0.997. The van der Waals surface area contributed by atoms with E-state index in [2.05, 4.69) is 5.32 Å². The van der Waals surface area contributed by atoms with Crippen molar-refractivity contribution in [3.63, 3.8) is 0 Å². The van der Waals surface area contributed by atoms with Crippen molar-refractivity contribution < 1.29 is 42.7 Å². The molecule has 4 aromatic carbocycles. The highest BCUT2D eigenvalue weighted by molar-refractivity contribution is 5.83. The molecule has 4 fully saturated rings. The fraction of sp³-hybridized carbons (Fsp3) is 0.435. The van der Waals surface area contributed by atoms with Crippen LogP contribution in [-0.2, 0) is 69.2 Å². The van der Waals surface area contributed by atoms with E-state index < -0.39 is 54.6 Å². The minimum atomic E-state index is -0.607. The molecule has 0 bridgehead atoms. The lowest BCUT2D eigenvalue weighted by atomic mass is 9.98. The van der Waals surface area contributed by atoms with E-state index in [1.54, 1.807) is 6.92 Å². The molecule has 1 amide bonds. The number of rotatable bonds is 18. The van der Waals surface area contributed by atoms with Gasteiger partial charge in [0, 0.05) is 24.9 Å². The van der Waals surface area contributed by atoms with Crippen LogP contribution in [0.15, 0.2) is 121 Å². The molecule has 11 nitrogen and oxygen atoms in total. The van der Waals surface area contributed by atoms with Crippen molar-refractivity contribution in [3.05, 3.63) is 144 Å². The van der Waals surface area contributed by atoms with Crippen molar-refractivity contribution in [3.8, 4) is 0 Å². The number of ether oxygens (including phenoxy) is 7.